The maximum absolute atomic E-state index is 10.9. The number of rotatable bonds is 8. The van der Waals surface area contributed by atoms with Gasteiger partial charge < -0.3 is 0 Å². The first kappa shape index (κ1) is 12.2. The Labute approximate surface area is 84.1 Å². The van der Waals surface area contributed by atoms with Gasteiger partial charge in [-0.25, -0.2) is 0 Å². The molecule has 0 atom stereocenters. The summed E-state index contributed by atoms with van der Waals surface area (Å²) in [5.41, 5.74) is 0. The molecule has 0 saturated carbocycles. The standard InChI is InChI=1S/C10H19BrO/c1-2-3-4-5-6-7-8-10(12)9-11/h2-9H2,1H3. The third-order valence-electron chi connectivity index (χ3n) is 1.96. The first-order valence-electron chi connectivity index (χ1n) is 4.89. The molecule has 1 nitrogen and oxygen atoms in total. The second-order valence-electron chi connectivity index (χ2n) is 3.19. The van der Waals surface area contributed by atoms with Crippen LogP contribution in [0.3, 0.4) is 0 Å². The third-order valence-corrected chi connectivity index (χ3v) is 2.58. The monoisotopic (exact) mass is 234 g/mol. The Kier molecular flexibility index (Phi) is 9.36. The molecule has 0 bridgehead atoms. The number of alkyl halides is 1. The summed E-state index contributed by atoms with van der Waals surface area (Å²) in [6.45, 7) is 2.22. The van der Waals surface area contributed by atoms with Crippen molar-refractivity contribution in [1.29, 1.82) is 0 Å². The minimum atomic E-state index is 0.338. The molecule has 0 spiro atoms. The Bertz CT molecular complexity index is 112. The van der Waals surface area contributed by atoms with Gasteiger partial charge in [-0.05, 0) is 6.42 Å². The quantitative estimate of drug-likeness (QED) is 0.463. The van der Waals surface area contributed by atoms with Gasteiger partial charge in [-0.3, -0.25) is 4.79 Å². The van der Waals surface area contributed by atoms with Crippen molar-refractivity contribution in [3.63, 3.8) is 0 Å². The summed E-state index contributed by atoms with van der Waals surface area (Å²) in [5, 5.41) is 0.530. The molecule has 0 N–H and O–H groups in total. The van der Waals surface area contributed by atoms with Gasteiger partial charge >= 0.3 is 0 Å². The van der Waals surface area contributed by atoms with E-state index >= 15 is 0 Å². The van der Waals surface area contributed by atoms with Crippen molar-refractivity contribution in [2.24, 2.45) is 0 Å². The molecule has 0 aromatic rings. The van der Waals surface area contributed by atoms with E-state index in [9.17, 15) is 4.79 Å². The molecule has 0 radical (unpaired) electrons. The number of Topliss-reactive ketones (excluding diaryl/α,β-unsaturated/α-hetero) is 1. The normalized spacial score (nSPS) is 10.2. The predicted molar refractivity (Wildman–Crippen MR) is 56.8 cm³/mol. The van der Waals surface area contributed by atoms with E-state index in [1.54, 1.807) is 0 Å². The van der Waals surface area contributed by atoms with E-state index in [0.717, 1.165) is 12.8 Å². The number of hydrogen-bond acceptors (Lipinski definition) is 1. The van der Waals surface area contributed by atoms with E-state index in [-0.39, 0.29) is 0 Å². The van der Waals surface area contributed by atoms with Crippen LogP contribution in [-0.2, 0) is 4.79 Å². The van der Waals surface area contributed by atoms with Crippen LogP contribution in [0.4, 0.5) is 0 Å². The molecule has 0 aromatic carbocycles. The molecule has 0 saturated heterocycles. The highest BCUT2D eigenvalue weighted by Gasteiger charge is 1.97. The van der Waals surface area contributed by atoms with Crippen molar-refractivity contribution in [3.05, 3.63) is 0 Å². The van der Waals surface area contributed by atoms with Crippen molar-refractivity contribution >= 4 is 21.7 Å². The van der Waals surface area contributed by atoms with Gasteiger partial charge in [0.25, 0.3) is 0 Å². The molecule has 0 amide bonds. The molecule has 0 aliphatic heterocycles. The summed E-state index contributed by atoms with van der Waals surface area (Å²) < 4.78 is 0. The Morgan fingerprint density at radius 1 is 1.08 bits per heavy atom. The van der Waals surface area contributed by atoms with Crippen LogP contribution < -0.4 is 0 Å². The van der Waals surface area contributed by atoms with Gasteiger partial charge in [-0.1, -0.05) is 55.0 Å². The summed E-state index contributed by atoms with van der Waals surface area (Å²) in [6, 6.07) is 0. The van der Waals surface area contributed by atoms with Crippen molar-refractivity contribution < 1.29 is 4.79 Å². The van der Waals surface area contributed by atoms with Gasteiger partial charge in [0.2, 0.25) is 0 Å². The lowest BCUT2D eigenvalue weighted by Crippen LogP contribution is -1.97. The fraction of sp³-hybridized carbons (Fsp3) is 0.900. The molecule has 0 fully saturated rings. The van der Waals surface area contributed by atoms with Gasteiger partial charge in [0.1, 0.15) is 5.78 Å². The van der Waals surface area contributed by atoms with Crippen LogP contribution in [0.5, 0.6) is 0 Å². The van der Waals surface area contributed by atoms with Crippen molar-refractivity contribution in [3.8, 4) is 0 Å². The fourth-order valence-corrected chi connectivity index (χ4v) is 1.45. The van der Waals surface area contributed by atoms with Crippen LogP contribution in [0.25, 0.3) is 0 Å². The lowest BCUT2D eigenvalue weighted by atomic mass is 10.1. The molecular formula is C10H19BrO. The SMILES string of the molecule is CCCCCCCCC(=O)CBr. The number of hydrogen-bond donors (Lipinski definition) is 0. The Balaban J connectivity index is 2.95. The molecule has 0 aromatic heterocycles. The van der Waals surface area contributed by atoms with Crippen LogP contribution >= 0.6 is 15.9 Å². The molecule has 0 rings (SSSR count). The van der Waals surface area contributed by atoms with Crippen LogP contribution in [0.2, 0.25) is 0 Å². The maximum atomic E-state index is 10.9. The second-order valence-corrected chi connectivity index (χ2v) is 3.75. The zero-order valence-corrected chi connectivity index (χ0v) is 9.53. The lowest BCUT2D eigenvalue weighted by molar-refractivity contribution is -0.116. The molecule has 0 aliphatic rings. The number of carbonyl (C=O) groups is 1. The van der Waals surface area contributed by atoms with Crippen molar-refractivity contribution in [1.82, 2.24) is 0 Å². The van der Waals surface area contributed by atoms with E-state index in [1.165, 1.54) is 32.1 Å². The van der Waals surface area contributed by atoms with Gasteiger partial charge in [-0.2, -0.15) is 0 Å². The minimum Gasteiger partial charge on any atom is -0.299 e. The van der Waals surface area contributed by atoms with Crippen LogP contribution in [0.1, 0.15) is 51.9 Å². The van der Waals surface area contributed by atoms with E-state index in [2.05, 4.69) is 22.9 Å². The number of halogens is 1. The minimum absolute atomic E-state index is 0.338. The van der Waals surface area contributed by atoms with Crippen LogP contribution in [0.15, 0.2) is 0 Å². The fourth-order valence-electron chi connectivity index (χ4n) is 1.17. The predicted octanol–water partition coefficient (Wildman–Crippen LogP) is 3.70. The summed E-state index contributed by atoms with van der Waals surface area (Å²) in [5.74, 6) is 0.338. The molecule has 2 heteroatoms. The Hall–Kier alpha value is 0.150. The zero-order valence-electron chi connectivity index (χ0n) is 7.94. The van der Waals surface area contributed by atoms with E-state index in [4.69, 9.17) is 0 Å². The third kappa shape index (κ3) is 8.25. The topological polar surface area (TPSA) is 17.1 Å². The average molecular weight is 235 g/mol. The lowest BCUT2D eigenvalue weighted by Gasteiger charge is -1.98. The molecule has 72 valence electrons. The second kappa shape index (κ2) is 9.24. The highest BCUT2D eigenvalue weighted by molar-refractivity contribution is 9.09. The molecule has 0 aliphatic carbocycles. The van der Waals surface area contributed by atoms with Gasteiger partial charge in [-0.15, -0.1) is 0 Å². The smallest absolute Gasteiger partial charge is 0.143 e. The zero-order chi connectivity index (χ0) is 9.23. The van der Waals surface area contributed by atoms with Crippen molar-refractivity contribution in [2.75, 3.05) is 5.33 Å². The highest BCUT2D eigenvalue weighted by atomic mass is 79.9. The van der Waals surface area contributed by atoms with E-state index < -0.39 is 0 Å². The number of ketones is 1. The summed E-state index contributed by atoms with van der Waals surface area (Å²) >= 11 is 3.16. The van der Waals surface area contributed by atoms with Crippen LogP contribution in [-0.4, -0.2) is 11.1 Å². The summed E-state index contributed by atoms with van der Waals surface area (Å²) in [4.78, 5) is 10.9. The number of carbonyl (C=O) groups excluding carboxylic acids is 1. The molecular weight excluding hydrogens is 216 g/mol. The Morgan fingerprint density at radius 3 is 2.25 bits per heavy atom. The van der Waals surface area contributed by atoms with Crippen molar-refractivity contribution in [2.45, 2.75) is 51.9 Å². The molecule has 12 heavy (non-hydrogen) atoms. The largest absolute Gasteiger partial charge is 0.299 e. The van der Waals surface area contributed by atoms with E-state index in [1.807, 2.05) is 0 Å². The average Bonchev–Trinajstić information content (AvgIpc) is 2.10. The molecule has 0 unspecified atom stereocenters. The maximum Gasteiger partial charge on any atom is 0.143 e. The number of unbranched alkanes of at least 4 members (excludes halogenated alkanes) is 5. The Morgan fingerprint density at radius 2 is 1.67 bits per heavy atom. The van der Waals surface area contributed by atoms with E-state index in [0.29, 0.717) is 11.1 Å². The van der Waals surface area contributed by atoms with Gasteiger partial charge in [0.05, 0.1) is 5.33 Å². The van der Waals surface area contributed by atoms with Crippen LogP contribution in [0, 0.1) is 0 Å². The molecule has 0 heterocycles. The highest BCUT2D eigenvalue weighted by Crippen LogP contribution is 2.07. The van der Waals surface area contributed by atoms with Gasteiger partial charge in [0.15, 0.2) is 0 Å². The summed E-state index contributed by atoms with van der Waals surface area (Å²) in [7, 11) is 0. The first-order chi connectivity index (χ1) is 5.81. The summed E-state index contributed by atoms with van der Waals surface area (Å²) in [6.07, 6.45) is 8.32. The first-order valence-corrected chi connectivity index (χ1v) is 6.01. The van der Waals surface area contributed by atoms with Gasteiger partial charge in [0, 0.05) is 6.42 Å².